The Kier molecular flexibility index (Phi) is 5.31. The van der Waals surface area contributed by atoms with Crippen molar-refractivity contribution in [2.75, 3.05) is 40.4 Å². The molecule has 9 heteroatoms. The second-order valence-corrected chi connectivity index (χ2v) is 8.48. The van der Waals surface area contributed by atoms with E-state index in [-0.39, 0.29) is 29.9 Å². The van der Waals surface area contributed by atoms with Crippen molar-refractivity contribution in [3.05, 3.63) is 35.4 Å². The molecule has 0 aliphatic carbocycles. The molecule has 3 fully saturated rings. The number of carbonyl (C=O) groups excluding carboxylic acids is 3. The van der Waals surface area contributed by atoms with Gasteiger partial charge >= 0.3 is 12.1 Å². The summed E-state index contributed by atoms with van der Waals surface area (Å²) in [6.07, 6.45) is 0.715. The summed E-state index contributed by atoms with van der Waals surface area (Å²) in [5, 5.41) is 5.82. The summed E-state index contributed by atoms with van der Waals surface area (Å²) >= 11 is 0. The van der Waals surface area contributed by atoms with Crippen LogP contribution in [0.25, 0.3) is 0 Å². The first kappa shape index (κ1) is 20.5. The van der Waals surface area contributed by atoms with Gasteiger partial charge in [-0.05, 0) is 25.3 Å². The van der Waals surface area contributed by atoms with Gasteiger partial charge in [-0.25, -0.2) is 9.59 Å². The van der Waals surface area contributed by atoms with Crippen LogP contribution in [-0.4, -0.2) is 85.4 Å². The Morgan fingerprint density at radius 1 is 1.17 bits per heavy atom. The number of aryl methyl sites for hydroxylation is 1. The van der Waals surface area contributed by atoms with E-state index < -0.39 is 12.3 Å². The zero-order valence-corrected chi connectivity index (χ0v) is 17.7. The lowest BCUT2D eigenvalue weighted by molar-refractivity contribution is -0.122. The van der Waals surface area contributed by atoms with E-state index in [0.717, 1.165) is 12.8 Å². The fraction of sp³-hybridized carbons (Fsp3) is 0.571. The Labute approximate surface area is 176 Å². The van der Waals surface area contributed by atoms with Gasteiger partial charge in [0.25, 0.3) is 0 Å². The minimum atomic E-state index is -0.491. The molecule has 4 rings (SSSR count). The summed E-state index contributed by atoms with van der Waals surface area (Å²) in [7, 11) is 3.28. The van der Waals surface area contributed by atoms with Crippen LogP contribution in [0, 0.1) is 6.92 Å². The Morgan fingerprint density at radius 2 is 1.83 bits per heavy atom. The van der Waals surface area contributed by atoms with Crippen LogP contribution in [0.4, 0.5) is 9.59 Å². The maximum Gasteiger partial charge on any atom is 0.323 e. The molecule has 0 bridgehead atoms. The largest absolute Gasteiger partial charge is 0.381 e. The first-order chi connectivity index (χ1) is 14.3. The number of fused-ring (bicyclic) bond motifs is 1. The fourth-order valence-corrected chi connectivity index (χ4v) is 4.65. The quantitative estimate of drug-likeness (QED) is 0.745. The molecule has 9 nitrogen and oxygen atoms in total. The Bertz CT molecular complexity index is 836. The molecule has 3 saturated heterocycles. The van der Waals surface area contributed by atoms with E-state index >= 15 is 0 Å². The molecule has 2 atom stereocenters. The van der Waals surface area contributed by atoms with Crippen LogP contribution in [0.5, 0.6) is 0 Å². The van der Waals surface area contributed by atoms with Gasteiger partial charge < -0.3 is 25.2 Å². The van der Waals surface area contributed by atoms with Crippen molar-refractivity contribution in [2.45, 2.75) is 37.5 Å². The predicted molar refractivity (Wildman–Crippen MR) is 110 cm³/mol. The molecule has 1 aromatic carbocycles. The number of likely N-dealkylation sites (N-methyl/N-ethyl adjacent to an activating group) is 2. The average molecular weight is 415 g/mol. The van der Waals surface area contributed by atoms with Gasteiger partial charge in [0.2, 0.25) is 5.91 Å². The van der Waals surface area contributed by atoms with E-state index in [1.54, 1.807) is 14.1 Å². The van der Waals surface area contributed by atoms with Crippen molar-refractivity contribution >= 4 is 18.0 Å². The standard InChI is InChI=1S/C21H29N5O4/c1-14-4-6-15(7-5-14)21(8-10-30-11-9-21)13-22-16(27)12-26-18-17(23-19(26)28)24(2)20(29)25(18)3/h4-7,17-18H,8-13H2,1-3H3,(H,22,27)(H,23,28)/t17-,18-/m0/s1. The van der Waals surface area contributed by atoms with Crippen molar-refractivity contribution in [1.29, 1.82) is 0 Å². The summed E-state index contributed by atoms with van der Waals surface area (Å²) in [6.45, 7) is 3.75. The third kappa shape index (κ3) is 3.47. The topological polar surface area (TPSA) is 94.2 Å². The Balaban J connectivity index is 1.43. The third-order valence-electron chi connectivity index (χ3n) is 6.60. The van der Waals surface area contributed by atoms with Gasteiger partial charge in [0.05, 0.1) is 0 Å². The lowest BCUT2D eigenvalue weighted by Gasteiger charge is -2.38. The summed E-state index contributed by atoms with van der Waals surface area (Å²) in [6, 6.07) is 7.90. The molecule has 162 valence electrons. The highest BCUT2D eigenvalue weighted by Gasteiger charge is 2.52. The Morgan fingerprint density at radius 3 is 2.50 bits per heavy atom. The van der Waals surface area contributed by atoms with Gasteiger partial charge in [-0.3, -0.25) is 9.69 Å². The van der Waals surface area contributed by atoms with Gasteiger partial charge in [-0.1, -0.05) is 29.8 Å². The molecule has 3 aliphatic rings. The molecule has 5 amide bonds. The summed E-state index contributed by atoms with van der Waals surface area (Å²) in [5.41, 5.74) is 2.20. The number of hydrogen-bond acceptors (Lipinski definition) is 4. The SMILES string of the molecule is Cc1ccc(C2(CNC(=O)CN3C(=O)N[C@@H]4[C@H]3N(C)C(=O)N4C)CCOCC2)cc1. The lowest BCUT2D eigenvalue weighted by Crippen LogP contribution is -2.51. The minimum absolute atomic E-state index is 0.0983. The van der Waals surface area contributed by atoms with Crippen LogP contribution < -0.4 is 10.6 Å². The van der Waals surface area contributed by atoms with Crippen molar-refractivity contribution < 1.29 is 19.1 Å². The maximum atomic E-state index is 12.8. The first-order valence-electron chi connectivity index (χ1n) is 10.3. The van der Waals surface area contributed by atoms with Crippen LogP contribution in [0.2, 0.25) is 0 Å². The van der Waals surface area contributed by atoms with Crippen LogP contribution in [0.15, 0.2) is 24.3 Å². The molecular formula is C21H29N5O4. The van der Waals surface area contributed by atoms with Gasteiger partial charge in [-0.15, -0.1) is 0 Å². The number of nitrogens with one attached hydrogen (secondary N) is 2. The summed E-state index contributed by atoms with van der Waals surface area (Å²) in [5.74, 6) is -0.237. The van der Waals surface area contributed by atoms with Crippen molar-refractivity contribution in [3.63, 3.8) is 0 Å². The number of rotatable bonds is 5. The molecule has 0 radical (unpaired) electrons. The fourth-order valence-electron chi connectivity index (χ4n) is 4.65. The van der Waals surface area contributed by atoms with Gasteiger partial charge in [0.1, 0.15) is 18.9 Å². The van der Waals surface area contributed by atoms with Crippen molar-refractivity contribution in [1.82, 2.24) is 25.3 Å². The average Bonchev–Trinajstić information content (AvgIpc) is 3.17. The number of benzene rings is 1. The third-order valence-corrected chi connectivity index (χ3v) is 6.60. The molecule has 1 aromatic rings. The predicted octanol–water partition coefficient (Wildman–Crippen LogP) is 0.834. The van der Waals surface area contributed by atoms with Crippen LogP contribution in [0.1, 0.15) is 24.0 Å². The van der Waals surface area contributed by atoms with Gasteiger partial charge in [-0.2, -0.15) is 0 Å². The zero-order valence-electron chi connectivity index (χ0n) is 17.7. The second-order valence-electron chi connectivity index (χ2n) is 8.48. The molecular weight excluding hydrogens is 386 g/mol. The second kappa shape index (κ2) is 7.79. The summed E-state index contributed by atoms with van der Waals surface area (Å²) < 4.78 is 5.56. The van der Waals surface area contributed by atoms with E-state index in [9.17, 15) is 14.4 Å². The Hall–Kier alpha value is -2.81. The molecule has 0 saturated carbocycles. The molecule has 3 heterocycles. The normalized spacial score (nSPS) is 25.4. The minimum Gasteiger partial charge on any atom is -0.381 e. The van der Waals surface area contributed by atoms with Crippen LogP contribution in [-0.2, 0) is 14.9 Å². The number of carbonyl (C=O) groups is 3. The van der Waals surface area contributed by atoms with E-state index in [0.29, 0.717) is 19.8 Å². The van der Waals surface area contributed by atoms with Crippen LogP contribution >= 0.6 is 0 Å². The molecule has 2 N–H and O–H groups in total. The molecule has 0 aromatic heterocycles. The van der Waals surface area contributed by atoms with E-state index in [4.69, 9.17) is 4.74 Å². The highest BCUT2D eigenvalue weighted by molar-refractivity contribution is 5.88. The number of amides is 5. The number of hydrogen-bond donors (Lipinski definition) is 2. The van der Waals surface area contributed by atoms with E-state index in [1.165, 1.54) is 25.8 Å². The first-order valence-corrected chi connectivity index (χ1v) is 10.3. The molecule has 3 aliphatic heterocycles. The van der Waals surface area contributed by atoms with Gasteiger partial charge in [0.15, 0.2) is 0 Å². The van der Waals surface area contributed by atoms with E-state index in [2.05, 4.69) is 41.8 Å². The molecule has 0 spiro atoms. The van der Waals surface area contributed by atoms with Crippen LogP contribution in [0.3, 0.4) is 0 Å². The number of ether oxygens (including phenoxy) is 1. The molecule has 0 unspecified atom stereocenters. The smallest absolute Gasteiger partial charge is 0.323 e. The number of nitrogens with zero attached hydrogens (tertiary/aromatic N) is 3. The van der Waals surface area contributed by atoms with Crippen molar-refractivity contribution in [3.8, 4) is 0 Å². The zero-order chi connectivity index (χ0) is 21.5. The van der Waals surface area contributed by atoms with E-state index in [1.807, 2.05) is 0 Å². The number of urea groups is 2. The maximum absolute atomic E-state index is 12.8. The van der Waals surface area contributed by atoms with Crippen molar-refractivity contribution in [2.24, 2.45) is 0 Å². The monoisotopic (exact) mass is 415 g/mol. The highest BCUT2D eigenvalue weighted by atomic mass is 16.5. The summed E-state index contributed by atoms with van der Waals surface area (Å²) in [4.78, 5) is 41.8. The highest BCUT2D eigenvalue weighted by Crippen LogP contribution is 2.34. The molecule has 30 heavy (non-hydrogen) atoms. The van der Waals surface area contributed by atoms with Gasteiger partial charge in [0, 0.05) is 39.3 Å². The lowest BCUT2D eigenvalue weighted by atomic mass is 9.74.